The molecule has 0 radical (unpaired) electrons. The van der Waals surface area contributed by atoms with Gasteiger partial charge in [0.1, 0.15) is 5.60 Å². The van der Waals surface area contributed by atoms with E-state index in [0.717, 1.165) is 25.7 Å². The number of unbranched alkanes of at least 4 members (excludes halogenated alkanes) is 2. The van der Waals surface area contributed by atoms with Crippen molar-refractivity contribution in [2.75, 3.05) is 0 Å². The summed E-state index contributed by atoms with van der Waals surface area (Å²) in [6, 6.07) is 7.03. The highest BCUT2D eigenvalue weighted by molar-refractivity contribution is 5.38. The molecule has 1 aromatic rings. The normalized spacial score (nSPS) is 12.2. The summed E-state index contributed by atoms with van der Waals surface area (Å²) < 4.78 is 5.12. The molecule has 1 rings (SSSR count). The number of hydrogen-bond acceptors (Lipinski definition) is 2. The van der Waals surface area contributed by atoms with Gasteiger partial charge in [0, 0.05) is 0 Å². The van der Waals surface area contributed by atoms with Crippen LogP contribution in [0.5, 0.6) is 0 Å². The van der Waals surface area contributed by atoms with E-state index in [4.69, 9.17) is 4.74 Å². The van der Waals surface area contributed by atoms with Crippen molar-refractivity contribution in [3.05, 3.63) is 34.9 Å². The molecule has 0 saturated heterocycles. The van der Waals surface area contributed by atoms with Gasteiger partial charge in [-0.15, -0.1) is 0 Å². The van der Waals surface area contributed by atoms with Crippen LogP contribution in [0.3, 0.4) is 0 Å². The van der Waals surface area contributed by atoms with Crippen LogP contribution in [0.25, 0.3) is 0 Å². The van der Waals surface area contributed by atoms with Crippen molar-refractivity contribution in [1.82, 2.24) is 0 Å². The quantitative estimate of drug-likeness (QED) is 0.341. The zero-order valence-corrected chi connectivity index (χ0v) is 17.3. The highest BCUT2D eigenvalue weighted by Crippen LogP contribution is 2.23. The molecule has 0 atom stereocenters. The van der Waals surface area contributed by atoms with Crippen LogP contribution in [0.1, 0.15) is 89.8 Å². The minimum atomic E-state index is -0.341. The lowest BCUT2D eigenvalue weighted by molar-refractivity contribution is -0.140. The first-order chi connectivity index (χ1) is 11.6. The maximum absolute atomic E-state index is 10.5. The van der Waals surface area contributed by atoms with Crippen molar-refractivity contribution < 1.29 is 9.53 Å². The van der Waals surface area contributed by atoms with Gasteiger partial charge in [-0.1, -0.05) is 51.0 Å². The molecule has 0 spiro atoms. The van der Waals surface area contributed by atoms with Gasteiger partial charge in [0.05, 0.1) is 0 Å². The first kappa shape index (κ1) is 21.7. The number of hydrogen-bond donors (Lipinski definition) is 0. The lowest BCUT2D eigenvalue weighted by Gasteiger charge is -2.22. The average Bonchev–Trinajstić information content (AvgIpc) is 2.47. The predicted octanol–water partition coefficient (Wildman–Crippen LogP) is 6.42. The zero-order chi connectivity index (χ0) is 18.9. The fourth-order valence-corrected chi connectivity index (χ4v) is 3.29. The van der Waals surface area contributed by atoms with E-state index in [2.05, 4.69) is 45.9 Å². The monoisotopic (exact) mass is 346 g/mol. The van der Waals surface area contributed by atoms with Gasteiger partial charge in [0.15, 0.2) is 0 Å². The highest BCUT2D eigenvalue weighted by Gasteiger charge is 2.17. The van der Waals surface area contributed by atoms with Gasteiger partial charge in [-0.2, -0.15) is 0 Å². The second kappa shape index (κ2) is 9.99. The van der Waals surface area contributed by atoms with Gasteiger partial charge in [-0.25, -0.2) is 0 Å². The van der Waals surface area contributed by atoms with Crippen LogP contribution in [0.2, 0.25) is 0 Å². The maximum Gasteiger partial charge on any atom is 0.293 e. The standard InChI is InChI=1S/C23H38O2/c1-19-15-20(11-7-9-13-22(2,3)4)17-21(16-19)12-8-10-14-23(5,6)25-18-24/h15-18H,7-14H2,1-6H3. The van der Waals surface area contributed by atoms with E-state index in [1.165, 1.54) is 42.4 Å². The van der Waals surface area contributed by atoms with E-state index in [-0.39, 0.29) is 5.60 Å². The summed E-state index contributed by atoms with van der Waals surface area (Å²) in [7, 11) is 0. The third-order valence-corrected chi connectivity index (χ3v) is 4.70. The Morgan fingerprint density at radius 1 is 0.840 bits per heavy atom. The molecule has 142 valence electrons. The molecular weight excluding hydrogens is 308 g/mol. The smallest absolute Gasteiger partial charge is 0.293 e. The summed E-state index contributed by atoms with van der Waals surface area (Å²) in [5.74, 6) is 0. The van der Waals surface area contributed by atoms with Crippen molar-refractivity contribution in [3.8, 4) is 0 Å². The molecule has 0 amide bonds. The Bertz CT molecular complexity index is 523. The van der Waals surface area contributed by atoms with E-state index in [0.29, 0.717) is 11.9 Å². The van der Waals surface area contributed by atoms with Gasteiger partial charge < -0.3 is 4.74 Å². The van der Waals surface area contributed by atoms with E-state index in [9.17, 15) is 4.79 Å². The van der Waals surface area contributed by atoms with E-state index < -0.39 is 0 Å². The summed E-state index contributed by atoms with van der Waals surface area (Å²) in [6.45, 7) is 13.7. The minimum Gasteiger partial charge on any atom is -0.462 e. The van der Waals surface area contributed by atoms with Crippen molar-refractivity contribution in [1.29, 1.82) is 0 Å². The second-order valence-corrected chi connectivity index (χ2v) is 9.28. The summed E-state index contributed by atoms with van der Waals surface area (Å²) in [5.41, 5.74) is 4.40. The van der Waals surface area contributed by atoms with Crippen molar-refractivity contribution in [3.63, 3.8) is 0 Å². The molecule has 0 N–H and O–H groups in total. The summed E-state index contributed by atoms with van der Waals surface area (Å²) in [4.78, 5) is 10.5. The number of aryl methyl sites for hydroxylation is 3. The van der Waals surface area contributed by atoms with Crippen molar-refractivity contribution >= 4 is 6.47 Å². The number of rotatable bonds is 11. The molecule has 25 heavy (non-hydrogen) atoms. The molecule has 0 aromatic heterocycles. The third kappa shape index (κ3) is 10.3. The van der Waals surface area contributed by atoms with Gasteiger partial charge in [0.25, 0.3) is 6.47 Å². The Balaban J connectivity index is 2.42. The molecule has 0 aliphatic rings. The molecule has 2 nitrogen and oxygen atoms in total. The van der Waals surface area contributed by atoms with Crippen LogP contribution in [0, 0.1) is 12.3 Å². The van der Waals surface area contributed by atoms with E-state index in [1.54, 1.807) is 0 Å². The molecule has 0 aliphatic carbocycles. The van der Waals surface area contributed by atoms with Gasteiger partial charge in [0.2, 0.25) is 0 Å². The fourth-order valence-electron chi connectivity index (χ4n) is 3.29. The molecule has 0 bridgehead atoms. The van der Waals surface area contributed by atoms with Crippen LogP contribution in [-0.4, -0.2) is 12.1 Å². The van der Waals surface area contributed by atoms with Crippen LogP contribution in [0.15, 0.2) is 18.2 Å². The van der Waals surface area contributed by atoms with Gasteiger partial charge >= 0.3 is 0 Å². The lowest BCUT2D eigenvalue weighted by atomic mass is 9.89. The molecular formula is C23H38O2. The summed E-state index contributed by atoms with van der Waals surface area (Å²) in [6.07, 6.45) is 9.30. The maximum atomic E-state index is 10.5. The molecule has 2 heteroatoms. The Kier molecular flexibility index (Phi) is 8.68. The van der Waals surface area contributed by atoms with E-state index in [1.807, 2.05) is 13.8 Å². The van der Waals surface area contributed by atoms with Crippen molar-refractivity contribution in [2.24, 2.45) is 5.41 Å². The topological polar surface area (TPSA) is 26.3 Å². The van der Waals surface area contributed by atoms with Gasteiger partial charge in [-0.05, 0) is 82.3 Å². The van der Waals surface area contributed by atoms with Crippen molar-refractivity contribution in [2.45, 2.75) is 98.5 Å². The summed E-state index contributed by atoms with van der Waals surface area (Å²) in [5, 5.41) is 0. The van der Waals surface area contributed by atoms with Crippen LogP contribution >= 0.6 is 0 Å². The second-order valence-electron chi connectivity index (χ2n) is 9.28. The zero-order valence-electron chi connectivity index (χ0n) is 17.3. The first-order valence-corrected chi connectivity index (χ1v) is 9.82. The number of carbonyl (C=O) groups is 1. The number of benzene rings is 1. The average molecular weight is 347 g/mol. The Morgan fingerprint density at radius 3 is 1.84 bits per heavy atom. The molecule has 0 heterocycles. The minimum absolute atomic E-state index is 0.341. The largest absolute Gasteiger partial charge is 0.462 e. The summed E-state index contributed by atoms with van der Waals surface area (Å²) >= 11 is 0. The number of ether oxygens (including phenoxy) is 1. The highest BCUT2D eigenvalue weighted by atomic mass is 16.5. The number of carbonyl (C=O) groups excluding carboxylic acids is 1. The third-order valence-electron chi connectivity index (χ3n) is 4.70. The first-order valence-electron chi connectivity index (χ1n) is 9.82. The lowest BCUT2D eigenvalue weighted by Crippen LogP contribution is -2.23. The SMILES string of the molecule is Cc1cc(CCCCC(C)(C)C)cc(CCCCC(C)(C)OC=O)c1. The molecule has 0 unspecified atom stereocenters. The molecule has 0 aliphatic heterocycles. The van der Waals surface area contributed by atoms with Crippen LogP contribution in [-0.2, 0) is 22.4 Å². The Labute approximate surface area is 155 Å². The predicted molar refractivity (Wildman–Crippen MR) is 107 cm³/mol. The Morgan fingerprint density at radius 2 is 1.36 bits per heavy atom. The van der Waals surface area contributed by atoms with Gasteiger partial charge in [-0.3, -0.25) is 4.79 Å². The molecule has 0 fully saturated rings. The van der Waals surface area contributed by atoms with E-state index >= 15 is 0 Å². The molecule has 1 aromatic carbocycles. The van der Waals surface area contributed by atoms with Crippen LogP contribution in [0.4, 0.5) is 0 Å². The fraction of sp³-hybridized carbons (Fsp3) is 0.696. The molecule has 0 saturated carbocycles. The van der Waals surface area contributed by atoms with Crippen LogP contribution < -0.4 is 0 Å². The Hall–Kier alpha value is -1.31.